The summed E-state index contributed by atoms with van der Waals surface area (Å²) in [5, 5.41) is 2.16. The Morgan fingerprint density at radius 1 is 0.788 bits per heavy atom. The molecule has 0 saturated carbocycles. The summed E-state index contributed by atoms with van der Waals surface area (Å²) >= 11 is 0. The van der Waals surface area contributed by atoms with Crippen LogP contribution >= 0.6 is 0 Å². The zero-order chi connectivity index (χ0) is 22.9. The third-order valence-electron chi connectivity index (χ3n) is 5.49. The van der Waals surface area contributed by atoms with Crippen molar-refractivity contribution in [1.29, 1.82) is 0 Å². The van der Waals surface area contributed by atoms with Crippen molar-refractivity contribution in [3.05, 3.63) is 112 Å². The molecular weight excluding hydrogens is 418 g/mol. The normalized spacial score (nSPS) is 12.4. The Morgan fingerprint density at radius 3 is 2.30 bits per heavy atom. The topological polar surface area (TPSA) is 103 Å². The molecule has 7 heteroatoms. The van der Waals surface area contributed by atoms with Gasteiger partial charge >= 0.3 is 0 Å². The van der Waals surface area contributed by atoms with E-state index in [1.54, 1.807) is 12.1 Å². The van der Waals surface area contributed by atoms with Crippen LogP contribution < -0.4 is 21.3 Å². The van der Waals surface area contributed by atoms with Gasteiger partial charge in [-0.2, -0.15) is 0 Å². The standard InChI is InChI=1S/C26H19N3O4/c27-24-23-21(25(31)28-26(23)32)14-22(30)29(24)19-11-9-17(10-12-19)18-7-4-8-20(13-18)33-15-16-5-2-1-3-6-16/h1-14H,15,27H2,(H,28,31,32). The summed E-state index contributed by atoms with van der Waals surface area (Å²) in [6.45, 7) is 0.472. The molecule has 0 radical (unpaired) electrons. The van der Waals surface area contributed by atoms with Crippen LogP contribution in [0, 0.1) is 0 Å². The number of carbonyl (C=O) groups excluding carboxylic acids is 2. The maximum atomic E-state index is 12.6. The van der Waals surface area contributed by atoms with E-state index in [-0.39, 0.29) is 16.9 Å². The number of nitrogens with two attached hydrogens (primary N) is 1. The molecule has 4 aromatic rings. The lowest BCUT2D eigenvalue weighted by atomic mass is 10.0. The van der Waals surface area contributed by atoms with Gasteiger partial charge in [-0.25, -0.2) is 0 Å². The lowest BCUT2D eigenvalue weighted by molar-refractivity contribution is 0.0880. The highest BCUT2D eigenvalue weighted by molar-refractivity contribution is 6.23. The predicted molar refractivity (Wildman–Crippen MR) is 124 cm³/mol. The van der Waals surface area contributed by atoms with Crippen LogP contribution in [0.4, 0.5) is 5.82 Å². The number of fused-ring (bicyclic) bond motifs is 1. The van der Waals surface area contributed by atoms with E-state index in [9.17, 15) is 14.4 Å². The Morgan fingerprint density at radius 2 is 1.55 bits per heavy atom. The Balaban J connectivity index is 1.42. The number of imide groups is 1. The van der Waals surface area contributed by atoms with Crippen LogP contribution in [-0.4, -0.2) is 16.4 Å². The lowest BCUT2D eigenvalue weighted by Gasteiger charge is -2.13. The lowest BCUT2D eigenvalue weighted by Crippen LogP contribution is -2.24. The molecule has 1 aliphatic rings. The Hall–Kier alpha value is -4.65. The summed E-state index contributed by atoms with van der Waals surface area (Å²) in [5.41, 5.74) is 9.09. The fourth-order valence-corrected chi connectivity index (χ4v) is 3.85. The minimum atomic E-state index is -0.615. The molecule has 5 rings (SSSR count). The van der Waals surface area contributed by atoms with E-state index in [2.05, 4.69) is 5.32 Å². The molecule has 0 aliphatic carbocycles. The van der Waals surface area contributed by atoms with E-state index in [4.69, 9.17) is 10.5 Å². The van der Waals surface area contributed by atoms with Gasteiger partial charge in [0, 0.05) is 6.07 Å². The van der Waals surface area contributed by atoms with Gasteiger partial charge in [0.05, 0.1) is 16.8 Å². The molecule has 0 atom stereocenters. The van der Waals surface area contributed by atoms with Gasteiger partial charge in [-0.05, 0) is 41.0 Å². The van der Waals surface area contributed by atoms with Crippen LogP contribution in [0.3, 0.4) is 0 Å². The van der Waals surface area contributed by atoms with Crippen molar-refractivity contribution in [3.8, 4) is 22.6 Å². The van der Waals surface area contributed by atoms with Crippen LogP contribution in [0.25, 0.3) is 16.8 Å². The number of aromatic nitrogens is 1. The van der Waals surface area contributed by atoms with Crippen LogP contribution in [-0.2, 0) is 6.61 Å². The fraction of sp³-hybridized carbons (Fsp3) is 0.0385. The number of hydrogen-bond donors (Lipinski definition) is 2. The van der Waals surface area contributed by atoms with Gasteiger partial charge in [0.15, 0.2) is 0 Å². The van der Waals surface area contributed by atoms with Crippen molar-refractivity contribution < 1.29 is 14.3 Å². The third kappa shape index (κ3) is 3.76. The first kappa shape index (κ1) is 20.3. The molecule has 162 valence electrons. The average Bonchev–Trinajstić information content (AvgIpc) is 3.12. The minimum absolute atomic E-state index is 0.00249. The molecule has 7 nitrogen and oxygen atoms in total. The summed E-state index contributed by atoms with van der Waals surface area (Å²) in [7, 11) is 0. The number of nitrogens with one attached hydrogen (secondary N) is 1. The van der Waals surface area contributed by atoms with Gasteiger partial charge in [0.25, 0.3) is 17.4 Å². The second kappa shape index (κ2) is 8.12. The number of pyridine rings is 1. The molecule has 0 fully saturated rings. The number of hydrogen-bond acceptors (Lipinski definition) is 5. The molecule has 1 aromatic heterocycles. The van der Waals surface area contributed by atoms with E-state index < -0.39 is 17.4 Å². The first-order valence-electron chi connectivity index (χ1n) is 10.3. The highest BCUT2D eigenvalue weighted by Gasteiger charge is 2.31. The largest absolute Gasteiger partial charge is 0.489 e. The summed E-state index contributed by atoms with van der Waals surface area (Å²) in [6.07, 6.45) is 0. The number of nitrogen functional groups attached to an aromatic ring is 1. The van der Waals surface area contributed by atoms with Crippen molar-refractivity contribution in [2.75, 3.05) is 5.73 Å². The molecule has 0 bridgehead atoms. The smallest absolute Gasteiger partial charge is 0.262 e. The number of ether oxygens (including phenoxy) is 1. The van der Waals surface area contributed by atoms with Crippen molar-refractivity contribution in [1.82, 2.24) is 9.88 Å². The molecule has 0 unspecified atom stereocenters. The summed E-state index contributed by atoms with van der Waals surface area (Å²) in [5.74, 6) is -0.541. The van der Waals surface area contributed by atoms with Crippen LogP contribution in [0.15, 0.2) is 89.7 Å². The summed E-state index contributed by atoms with van der Waals surface area (Å²) in [6, 6.07) is 26.0. The first-order valence-corrected chi connectivity index (χ1v) is 10.3. The Bertz CT molecular complexity index is 1440. The third-order valence-corrected chi connectivity index (χ3v) is 5.49. The van der Waals surface area contributed by atoms with Crippen LogP contribution in [0.2, 0.25) is 0 Å². The van der Waals surface area contributed by atoms with E-state index in [1.165, 1.54) is 4.57 Å². The van der Waals surface area contributed by atoms with Crippen molar-refractivity contribution in [3.63, 3.8) is 0 Å². The number of benzene rings is 3. The maximum Gasteiger partial charge on any atom is 0.262 e. The van der Waals surface area contributed by atoms with Crippen molar-refractivity contribution in [2.24, 2.45) is 0 Å². The highest BCUT2D eigenvalue weighted by Crippen LogP contribution is 2.27. The summed E-state index contributed by atoms with van der Waals surface area (Å²) in [4.78, 5) is 36.5. The van der Waals surface area contributed by atoms with Gasteiger partial charge in [0.1, 0.15) is 18.2 Å². The molecule has 2 amide bonds. The minimum Gasteiger partial charge on any atom is -0.489 e. The summed E-state index contributed by atoms with van der Waals surface area (Å²) < 4.78 is 7.14. The molecule has 33 heavy (non-hydrogen) atoms. The van der Waals surface area contributed by atoms with Crippen molar-refractivity contribution in [2.45, 2.75) is 6.61 Å². The second-order valence-electron chi connectivity index (χ2n) is 7.62. The van der Waals surface area contributed by atoms with Gasteiger partial charge in [-0.1, -0.05) is 54.6 Å². The second-order valence-corrected chi connectivity index (χ2v) is 7.62. The number of carbonyl (C=O) groups is 2. The molecule has 3 aromatic carbocycles. The molecular formula is C26H19N3O4. The highest BCUT2D eigenvalue weighted by atomic mass is 16.5. The SMILES string of the molecule is Nc1c2c(cc(=O)n1-c1ccc(-c3cccc(OCc4ccccc4)c3)cc1)C(=O)NC2=O. The van der Waals surface area contributed by atoms with E-state index in [1.807, 2.05) is 66.7 Å². The maximum absolute atomic E-state index is 12.6. The fourth-order valence-electron chi connectivity index (χ4n) is 3.85. The molecule has 0 saturated heterocycles. The van der Waals surface area contributed by atoms with E-state index in [0.29, 0.717) is 12.3 Å². The molecule has 0 spiro atoms. The van der Waals surface area contributed by atoms with E-state index in [0.717, 1.165) is 28.5 Å². The van der Waals surface area contributed by atoms with Crippen LogP contribution in [0.5, 0.6) is 5.75 Å². The number of anilines is 1. The molecule has 3 N–H and O–H groups in total. The van der Waals surface area contributed by atoms with Gasteiger partial charge in [-0.15, -0.1) is 0 Å². The monoisotopic (exact) mass is 437 g/mol. The number of amides is 2. The Labute approximate surface area is 189 Å². The molecule has 2 heterocycles. The zero-order valence-electron chi connectivity index (χ0n) is 17.4. The first-order chi connectivity index (χ1) is 16.0. The average molecular weight is 437 g/mol. The van der Waals surface area contributed by atoms with Gasteiger partial charge < -0.3 is 10.5 Å². The number of rotatable bonds is 5. The quantitative estimate of drug-likeness (QED) is 0.465. The number of nitrogens with zero attached hydrogens (tertiary/aromatic N) is 1. The van der Waals surface area contributed by atoms with E-state index >= 15 is 0 Å². The van der Waals surface area contributed by atoms with Gasteiger partial charge in [-0.3, -0.25) is 24.3 Å². The van der Waals surface area contributed by atoms with Gasteiger partial charge in [0.2, 0.25) is 0 Å². The van der Waals surface area contributed by atoms with Crippen molar-refractivity contribution >= 4 is 17.6 Å². The molecule has 1 aliphatic heterocycles. The predicted octanol–water partition coefficient (Wildman–Crippen LogP) is 3.55. The van der Waals surface area contributed by atoms with Crippen LogP contribution in [0.1, 0.15) is 26.3 Å². The Kier molecular flexibility index (Phi) is 4.99. The zero-order valence-corrected chi connectivity index (χ0v) is 17.4.